The van der Waals surface area contributed by atoms with Crippen LogP contribution in [0.1, 0.15) is 46.4 Å². The molecular weight excluding hydrogens is 437 g/mol. The molecule has 1 saturated carbocycles. The lowest BCUT2D eigenvalue weighted by atomic mass is 9.91. The van der Waals surface area contributed by atoms with Gasteiger partial charge in [-0.05, 0) is 37.1 Å². The fraction of sp³-hybridized carbons (Fsp3) is 0.250. The highest BCUT2D eigenvalue weighted by atomic mass is 19.1. The minimum absolute atomic E-state index is 0.0271. The number of hydrogen-bond acceptors (Lipinski definition) is 7. The SMILES string of the molecule is NC(=O)c1cc(F)c(N[C@@H]2CCCC[C@@H]2N)nc1Nc1cncc(C(=O)Nc2ccccc2)c1. The van der Waals surface area contributed by atoms with Crippen LogP contribution < -0.4 is 27.4 Å². The number of primary amides is 1. The van der Waals surface area contributed by atoms with E-state index in [4.69, 9.17) is 11.5 Å². The van der Waals surface area contributed by atoms with Gasteiger partial charge in [-0.15, -0.1) is 0 Å². The van der Waals surface area contributed by atoms with Crippen molar-refractivity contribution in [2.75, 3.05) is 16.0 Å². The minimum Gasteiger partial charge on any atom is -0.365 e. The molecule has 10 heteroatoms. The number of para-hydroxylation sites is 1. The molecule has 0 radical (unpaired) electrons. The molecule has 0 spiro atoms. The fourth-order valence-electron chi connectivity index (χ4n) is 3.88. The first kappa shape index (κ1) is 23.1. The van der Waals surface area contributed by atoms with E-state index < -0.39 is 11.7 Å². The van der Waals surface area contributed by atoms with Crippen LogP contribution in [0.5, 0.6) is 0 Å². The number of nitrogens with two attached hydrogens (primary N) is 2. The van der Waals surface area contributed by atoms with Crippen LogP contribution in [0.3, 0.4) is 0 Å². The van der Waals surface area contributed by atoms with Crippen LogP contribution in [0.15, 0.2) is 54.9 Å². The summed E-state index contributed by atoms with van der Waals surface area (Å²) >= 11 is 0. The standard InChI is InChI=1S/C24H26FN7O2/c25-18-11-17(21(27)33)22(32-23(18)31-20-9-5-4-8-19(20)26)29-16-10-14(12-28-13-16)24(34)30-15-6-2-1-3-7-15/h1-3,6-7,10-13,19-20H,4-5,8-9,26H2,(H2,27,33)(H,30,34)(H2,29,31,32)/t19-,20+/m0/s1. The summed E-state index contributed by atoms with van der Waals surface area (Å²) < 4.78 is 14.7. The zero-order valence-electron chi connectivity index (χ0n) is 18.4. The lowest BCUT2D eigenvalue weighted by Gasteiger charge is -2.30. The van der Waals surface area contributed by atoms with E-state index in [0.717, 1.165) is 31.7 Å². The normalized spacial score (nSPS) is 17.6. The van der Waals surface area contributed by atoms with Crippen molar-refractivity contribution in [3.8, 4) is 0 Å². The molecule has 3 aromatic rings. The van der Waals surface area contributed by atoms with Gasteiger partial charge in [-0.2, -0.15) is 0 Å². The van der Waals surface area contributed by atoms with E-state index in [2.05, 4.69) is 25.9 Å². The minimum atomic E-state index is -0.847. The maximum atomic E-state index is 14.7. The van der Waals surface area contributed by atoms with E-state index in [1.54, 1.807) is 18.2 Å². The molecule has 1 aliphatic carbocycles. The van der Waals surface area contributed by atoms with Crippen LogP contribution in [0.4, 0.5) is 27.4 Å². The monoisotopic (exact) mass is 463 g/mol. The summed E-state index contributed by atoms with van der Waals surface area (Å²) in [5, 5.41) is 8.78. The Labute approximate surface area is 196 Å². The van der Waals surface area contributed by atoms with Gasteiger partial charge in [-0.1, -0.05) is 31.0 Å². The van der Waals surface area contributed by atoms with E-state index in [1.807, 2.05) is 18.2 Å². The molecular formula is C24H26FN7O2. The van der Waals surface area contributed by atoms with E-state index in [0.29, 0.717) is 11.4 Å². The van der Waals surface area contributed by atoms with Crippen molar-refractivity contribution in [2.45, 2.75) is 37.8 Å². The molecule has 0 bridgehead atoms. The summed E-state index contributed by atoms with van der Waals surface area (Å²) in [5.74, 6) is -1.89. The van der Waals surface area contributed by atoms with Crippen molar-refractivity contribution in [2.24, 2.45) is 11.5 Å². The Hall–Kier alpha value is -4.05. The van der Waals surface area contributed by atoms with Crippen LogP contribution in [-0.2, 0) is 0 Å². The van der Waals surface area contributed by atoms with Gasteiger partial charge in [-0.3, -0.25) is 14.6 Å². The summed E-state index contributed by atoms with van der Waals surface area (Å²) in [6.45, 7) is 0. The number of aromatic nitrogens is 2. The van der Waals surface area contributed by atoms with Crippen LogP contribution in [0.2, 0.25) is 0 Å². The topological polar surface area (TPSA) is 148 Å². The summed E-state index contributed by atoms with van der Waals surface area (Å²) in [7, 11) is 0. The molecule has 0 aliphatic heterocycles. The average Bonchev–Trinajstić information content (AvgIpc) is 2.83. The van der Waals surface area contributed by atoms with E-state index in [-0.39, 0.29) is 40.8 Å². The number of hydrogen-bond donors (Lipinski definition) is 5. The fourth-order valence-corrected chi connectivity index (χ4v) is 3.88. The van der Waals surface area contributed by atoms with Crippen LogP contribution in [0.25, 0.3) is 0 Å². The number of nitrogens with one attached hydrogen (secondary N) is 3. The quantitative estimate of drug-likeness (QED) is 0.361. The molecule has 0 saturated heterocycles. The second kappa shape index (κ2) is 10.3. The molecule has 34 heavy (non-hydrogen) atoms. The summed E-state index contributed by atoms with van der Waals surface area (Å²) in [6.07, 6.45) is 6.52. The van der Waals surface area contributed by atoms with Gasteiger partial charge in [-0.25, -0.2) is 9.37 Å². The Morgan fingerprint density at radius 3 is 2.50 bits per heavy atom. The first-order chi connectivity index (χ1) is 16.4. The van der Waals surface area contributed by atoms with Gasteiger partial charge in [0.25, 0.3) is 11.8 Å². The predicted molar refractivity (Wildman–Crippen MR) is 128 cm³/mol. The molecule has 4 rings (SSSR count). The molecule has 2 atom stereocenters. The Morgan fingerprint density at radius 2 is 1.76 bits per heavy atom. The third kappa shape index (κ3) is 5.46. The zero-order chi connectivity index (χ0) is 24.1. The summed E-state index contributed by atoms with van der Waals surface area (Å²) in [4.78, 5) is 32.9. The second-order valence-electron chi connectivity index (χ2n) is 8.19. The first-order valence-electron chi connectivity index (χ1n) is 11.0. The molecule has 2 aromatic heterocycles. The molecule has 1 aromatic carbocycles. The van der Waals surface area contributed by atoms with Crippen molar-refractivity contribution >= 4 is 34.8 Å². The number of carbonyl (C=O) groups is 2. The molecule has 7 N–H and O–H groups in total. The van der Waals surface area contributed by atoms with Crippen LogP contribution in [0, 0.1) is 5.82 Å². The molecule has 9 nitrogen and oxygen atoms in total. The maximum Gasteiger partial charge on any atom is 0.257 e. The molecule has 2 amide bonds. The Balaban J connectivity index is 1.58. The van der Waals surface area contributed by atoms with Crippen molar-refractivity contribution in [1.82, 2.24) is 9.97 Å². The molecule has 0 unspecified atom stereocenters. The first-order valence-corrected chi connectivity index (χ1v) is 11.0. The van der Waals surface area contributed by atoms with Crippen molar-refractivity contribution in [1.29, 1.82) is 0 Å². The molecule has 1 fully saturated rings. The van der Waals surface area contributed by atoms with Crippen molar-refractivity contribution in [3.63, 3.8) is 0 Å². The third-order valence-corrected chi connectivity index (χ3v) is 5.68. The van der Waals surface area contributed by atoms with Crippen LogP contribution >= 0.6 is 0 Å². The van der Waals surface area contributed by atoms with E-state index in [1.165, 1.54) is 12.4 Å². The number of rotatable bonds is 7. The summed E-state index contributed by atoms with van der Waals surface area (Å²) in [6, 6.07) is 11.3. The van der Waals surface area contributed by atoms with Gasteiger partial charge in [0.1, 0.15) is 5.82 Å². The van der Waals surface area contributed by atoms with E-state index in [9.17, 15) is 14.0 Å². The number of halogens is 1. The number of nitrogens with zero attached hydrogens (tertiary/aromatic N) is 2. The smallest absolute Gasteiger partial charge is 0.257 e. The lowest BCUT2D eigenvalue weighted by Crippen LogP contribution is -2.43. The van der Waals surface area contributed by atoms with Gasteiger partial charge in [0, 0.05) is 24.0 Å². The lowest BCUT2D eigenvalue weighted by molar-refractivity contribution is 0.0997. The van der Waals surface area contributed by atoms with Gasteiger partial charge >= 0.3 is 0 Å². The highest BCUT2D eigenvalue weighted by molar-refractivity contribution is 6.04. The summed E-state index contributed by atoms with van der Waals surface area (Å²) in [5.41, 5.74) is 12.8. The Kier molecular flexibility index (Phi) is 6.98. The highest BCUT2D eigenvalue weighted by Gasteiger charge is 2.24. The Morgan fingerprint density at radius 1 is 1.00 bits per heavy atom. The number of amides is 2. The van der Waals surface area contributed by atoms with Gasteiger partial charge in [0.15, 0.2) is 11.6 Å². The number of carbonyl (C=O) groups excluding carboxylic acids is 2. The molecule has 176 valence electrons. The molecule has 2 heterocycles. The second-order valence-corrected chi connectivity index (χ2v) is 8.19. The van der Waals surface area contributed by atoms with Crippen LogP contribution in [-0.4, -0.2) is 33.9 Å². The third-order valence-electron chi connectivity index (χ3n) is 5.68. The Bertz CT molecular complexity index is 1190. The van der Waals surface area contributed by atoms with Gasteiger partial charge in [0.05, 0.1) is 23.0 Å². The molecule has 1 aliphatic rings. The zero-order valence-corrected chi connectivity index (χ0v) is 18.4. The predicted octanol–water partition coefficient (Wildman–Crippen LogP) is 3.39. The van der Waals surface area contributed by atoms with Gasteiger partial charge < -0.3 is 27.4 Å². The van der Waals surface area contributed by atoms with E-state index >= 15 is 0 Å². The van der Waals surface area contributed by atoms with Gasteiger partial charge in [0.2, 0.25) is 0 Å². The van der Waals surface area contributed by atoms with Crippen molar-refractivity contribution < 1.29 is 14.0 Å². The number of benzene rings is 1. The maximum absolute atomic E-state index is 14.7. The average molecular weight is 464 g/mol. The number of pyridine rings is 2. The highest BCUT2D eigenvalue weighted by Crippen LogP contribution is 2.27. The van der Waals surface area contributed by atoms with Crippen molar-refractivity contribution in [3.05, 3.63) is 71.8 Å². The largest absolute Gasteiger partial charge is 0.365 e. The number of anilines is 4.